The van der Waals surface area contributed by atoms with Crippen molar-refractivity contribution < 1.29 is 23.3 Å². The zero-order valence-corrected chi connectivity index (χ0v) is 9.10. The fraction of sp³-hybridized carbons (Fsp3) is 0.556. The highest BCUT2D eigenvalue weighted by Crippen LogP contribution is 2.27. The average Bonchev–Trinajstić information content (AvgIpc) is 2.59. The number of hydrogen-bond acceptors (Lipinski definition) is 4. The highest BCUT2D eigenvalue weighted by atomic mass is 19.3. The number of rotatable bonds is 6. The van der Waals surface area contributed by atoms with Gasteiger partial charge in [0.25, 0.3) is 0 Å². The second-order valence-electron chi connectivity index (χ2n) is 3.09. The first-order valence-corrected chi connectivity index (χ1v) is 4.81. The van der Waals surface area contributed by atoms with E-state index in [0.717, 1.165) is 0 Å². The maximum absolute atomic E-state index is 12.7. The van der Waals surface area contributed by atoms with Crippen molar-refractivity contribution in [1.82, 2.24) is 0 Å². The van der Waals surface area contributed by atoms with Gasteiger partial charge in [0.15, 0.2) is 6.61 Å². The first kappa shape index (κ1) is 13.4. The topological polar surface area (TPSA) is 76.5 Å². The molecule has 0 atom stereocenters. The summed E-state index contributed by atoms with van der Waals surface area (Å²) >= 11 is 0. The Labute approximate surface area is 96.0 Å². The molecular formula is C9H11F2N3O3. The molecule has 0 amide bonds. The van der Waals surface area contributed by atoms with Crippen molar-refractivity contribution in [2.45, 2.75) is 12.8 Å². The summed E-state index contributed by atoms with van der Waals surface area (Å²) in [6.07, 6.45) is 1.83. The average molecular weight is 247 g/mol. The molecule has 1 rings (SSSR count). The summed E-state index contributed by atoms with van der Waals surface area (Å²) in [6.45, 7) is 1.17. The van der Waals surface area contributed by atoms with Gasteiger partial charge in [-0.2, -0.15) is 8.78 Å². The molecule has 0 aliphatic carbocycles. The molecule has 8 heteroatoms. The largest absolute Gasteiger partial charge is 0.487 e. The van der Waals surface area contributed by atoms with E-state index < -0.39 is 12.5 Å². The van der Waals surface area contributed by atoms with Crippen LogP contribution in [0.1, 0.15) is 6.92 Å². The molecule has 0 aromatic rings. The van der Waals surface area contributed by atoms with Gasteiger partial charge < -0.3 is 4.74 Å². The van der Waals surface area contributed by atoms with Gasteiger partial charge in [-0.1, -0.05) is 5.11 Å². The second-order valence-corrected chi connectivity index (χ2v) is 3.09. The van der Waals surface area contributed by atoms with E-state index in [9.17, 15) is 8.78 Å². The first-order chi connectivity index (χ1) is 8.07. The van der Waals surface area contributed by atoms with Gasteiger partial charge in [0.05, 0.1) is 6.61 Å². The van der Waals surface area contributed by atoms with E-state index in [2.05, 4.69) is 19.8 Å². The second kappa shape index (κ2) is 6.19. The van der Waals surface area contributed by atoms with Crippen molar-refractivity contribution in [3.8, 4) is 0 Å². The van der Waals surface area contributed by atoms with Crippen molar-refractivity contribution >= 4 is 0 Å². The zero-order valence-electron chi connectivity index (χ0n) is 9.10. The molecule has 94 valence electrons. The number of allylic oxidation sites excluding steroid dienone is 1. The van der Waals surface area contributed by atoms with Crippen molar-refractivity contribution in [1.29, 1.82) is 0 Å². The van der Waals surface area contributed by atoms with Crippen LogP contribution in [-0.2, 0) is 14.5 Å². The molecule has 6 nitrogen and oxygen atoms in total. The van der Waals surface area contributed by atoms with Crippen LogP contribution in [0.4, 0.5) is 8.78 Å². The van der Waals surface area contributed by atoms with E-state index in [1.54, 1.807) is 6.92 Å². The molecule has 1 heterocycles. The number of ether oxygens (including phenoxy) is 1. The van der Waals surface area contributed by atoms with Crippen LogP contribution in [-0.4, -0.2) is 25.7 Å². The number of halogens is 2. The summed E-state index contributed by atoms with van der Waals surface area (Å²) in [5, 5.41) is 3.28. The highest BCUT2D eigenvalue weighted by Gasteiger charge is 2.33. The van der Waals surface area contributed by atoms with Crippen LogP contribution in [0.3, 0.4) is 0 Å². The van der Waals surface area contributed by atoms with Crippen molar-refractivity contribution in [3.63, 3.8) is 0 Å². The third-order valence-corrected chi connectivity index (χ3v) is 1.67. The fourth-order valence-electron chi connectivity index (χ4n) is 1.06. The zero-order chi connectivity index (χ0) is 12.7. The molecular weight excluding hydrogens is 236 g/mol. The summed E-state index contributed by atoms with van der Waals surface area (Å²) in [4.78, 5) is 11.8. The van der Waals surface area contributed by atoms with E-state index in [-0.39, 0.29) is 18.1 Å². The predicted octanol–water partition coefficient (Wildman–Crippen LogP) is 2.70. The van der Waals surface area contributed by atoms with Gasteiger partial charge in [-0.05, 0) is 18.5 Å². The molecule has 17 heavy (non-hydrogen) atoms. The Kier molecular flexibility index (Phi) is 4.89. The Balaban J connectivity index is 2.67. The number of azide groups is 1. The van der Waals surface area contributed by atoms with Gasteiger partial charge in [0, 0.05) is 16.7 Å². The van der Waals surface area contributed by atoms with E-state index in [1.807, 2.05) is 0 Å². The number of nitrogens with zero attached hydrogens (tertiary/aromatic N) is 3. The lowest BCUT2D eigenvalue weighted by Gasteiger charge is -2.03. The van der Waals surface area contributed by atoms with E-state index in [4.69, 9.17) is 10.3 Å². The minimum Gasteiger partial charge on any atom is -0.487 e. The van der Waals surface area contributed by atoms with E-state index in [0.29, 0.717) is 12.7 Å². The van der Waals surface area contributed by atoms with Gasteiger partial charge in [-0.3, -0.25) is 0 Å². The molecule has 0 aromatic carbocycles. The maximum Gasteiger partial charge on any atom is 0.303 e. The molecule has 0 saturated carbocycles. The summed E-state index contributed by atoms with van der Waals surface area (Å²) in [5.74, 6) is -3.05. The summed E-state index contributed by atoms with van der Waals surface area (Å²) in [5.41, 5.74) is 8.37. The van der Waals surface area contributed by atoms with Crippen LogP contribution in [0.5, 0.6) is 0 Å². The Morgan fingerprint density at radius 2 is 2.47 bits per heavy atom. The van der Waals surface area contributed by atoms with Crippen LogP contribution < -0.4 is 0 Å². The normalized spacial score (nSPS) is 18.3. The molecule has 0 radical (unpaired) electrons. The molecule has 0 fully saturated rings. The lowest BCUT2D eigenvalue weighted by atomic mass is 10.3. The number of hydrogen-bond donors (Lipinski definition) is 0. The Morgan fingerprint density at radius 3 is 3.00 bits per heavy atom. The third kappa shape index (κ3) is 4.81. The van der Waals surface area contributed by atoms with Gasteiger partial charge in [0.2, 0.25) is 0 Å². The van der Waals surface area contributed by atoms with Gasteiger partial charge in [-0.15, -0.1) is 0 Å². The van der Waals surface area contributed by atoms with Crippen LogP contribution in [0, 0.1) is 0 Å². The van der Waals surface area contributed by atoms with Crippen molar-refractivity contribution in [3.05, 3.63) is 34.1 Å². The van der Waals surface area contributed by atoms with Crippen LogP contribution in [0.2, 0.25) is 0 Å². The Morgan fingerprint density at radius 1 is 1.71 bits per heavy atom. The third-order valence-electron chi connectivity index (χ3n) is 1.67. The van der Waals surface area contributed by atoms with Crippen LogP contribution in [0.25, 0.3) is 10.4 Å². The summed E-state index contributed by atoms with van der Waals surface area (Å²) in [6, 6.07) is 0. The number of alkyl halides is 2. The molecule has 1 aliphatic rings. The minimum absolute atomic E-state index is 0.0579. The summed E-state index contributed by atoms with van der Waals surface area (Å²) < 4.78 is 30.2. The van der Waals surface area contributed by atoms with E-state index in [1.165, 1.54) is 6.08 Å². The molecule has 0 spiro atoms. The van der Waals surface area contributed by atoms with Gasteiger partial charge >= 0.3 is 5.92 Å². The van der Waals surface area contributed by atoms with Gasteiger partial charge in [-0.25, -0.2) is 9.78 Å². The molecule has 0 bridgehead atoms. The molecule has 0 N–H and O–H groups in total. The molecule has 0 saturated heterocycles. The fourth-order valence-corrected chi connectivity index (χ4v) is 1.06. The Hall–Kier alpha value is -1.63. The first-order valence-electron chi connectivity index (χ1n) is 4.81. The summed E-state index contributed by atoms with van der Waals surface area (Å²) in [7, 11) is 0. The van der Waals surface area contributed by atoms with Crippen molar-refractivity contribution in [2.24, 2.45) is 5.11 Å². The van der Waals surface area contributed by atoms with Gasteiger partial charge in [0.1, 0.15) is 12.4 Å². The standard InChI is InChI=1S/C9H11F2N3O3/c1-2-16-17-5-7(13-14-12)3-8-4-9(10,11)6-15-8/h3-4H,2,5-6H2,1H3/b7-3-. The van der Waals surface area contributed by atoms with Crippen LogP contribution >= 0.6 is 0 Å². The molecule has 0 aromatic heterocycles. The SMILES string of the molecule is CCOOC/C(=C/C1=CC(F)(F)CO1)N=[N+]=[N-]. The predicted molar refractivity (Wildman–Crippen MR) is 53.8 cm³/mol. The monoisotopic (exact) mass is 247 g/mol. The lowest BCUT2D eigenvalue weighted by Crippen LogP contribution is -2.12. The van der Waals surface area contributed by atoms with Crippen molar-refractivity contribution in [2.75, 3.05) is 19.8 Å². The smallest absolute Gasteiger partial charge is 0.303 e. The highest BCUT2D eigenvalue weighted by molar-refractivity contribution is 5.23. The Bertz CT molecular complexity index is 376. The lowest BCUT2D eigenvalue weighted by molar-refractivity contribution is -0.284. The van der Waals surface area contributed by atoms with E-state index >= 15 is 0 Å². The molecule has 1 aliphatic heterocycles. The quantitative estimate of drug-likeness (QED) is 0.181. The molecule has 0 unspecified atom stereocenters. The minimum atomic E-state index is -2.99. The maximum atomic E-state index is 12.7. The van der Waals surface area contributed by atoms with Crippen LogP contribution in [0.15, 0.2) is 28.7 Å².